The van der Waals surface area contributed by atoms with Crippen LogP contribution < -0.4 is 0 Å². The first-order chi connectivity index (χ1) is 5.68. The minimum absolute atomic E-state index is 0.0572. The summed E-state index contributed by atoms with van der Waals surface area (Å²) in [6, 6.07) is 0. The lowest BCUT2D eigenvalue weighted by atomic mass is 9.95. The van der Waals surface area contributed by atoms with Gasteiger partial charge in [-0.2, -0.15) is 0 Å². The average molecular weight is 218 g/mol. The lowest BCUT2D eigenvalue weighted by molar-refractivity contribution is -0.350. The molecule has 0 atom stereocenters. The van der Waals surface area contributed by atoms with Gasteiger partial charge >= 0.3 is 6.36 Å². The van der Waals surface area contributed by atoms with Crippen molar-refractivity contribution < 1.29 is 26.3 Å². The summed E-state index contributed by atoms with van der Waals surface area (Å²) in [5.74, 6) is 0. The number of halogens is 3. The molecule has 1 fully saturated rings. The monoisotopic (exact) mass is 218 g/mol. The molecule has 1 aliphatic rings. The highest BCUT2D eigenvalue weighted by molar-refractivity contribution is 7.91. The SMILES string of the molecule is CS(=O)(=O)C1CC(OC(F)(F)F)C1. The molecule has 0 bridgehead atoms. The zero-order chi connectivity index (χ0) is 10.3. The summed E-state index contributed by atoms with van der Waals surface area (Å²) in [4.78, 5) is 0. The van der Waals surface area contributed by atoms with Crippen LogP contribution in [-0.2, 0) is 14.6 Å². The van der Waals surface area contributed by atoms with Gasteiger partial charge in [-0.05, 0) is 12.8 Å². The number of hydrogen-bond acceptors (Lipinski definition) is 3. The molecule has 1 rings (SSSR count). The summed E-state index contributed by atoms with van der Waals surface area (Å²) in [5.41, 5.74) is 0. The summed E-state index contributed by atoms with van der Waals surface area (Å²) >= 11 is 0. The van der Waals surface area contributed by atoms with Gasteiger partial charge < -0.3 is 0 Å². The normalized spacial score (nSPS) is 29.8. The molecule has 78 valence electrons. The Bertz CT molecular complexity index is 276. The second kappa shape index (κ2) is 3.13. The molecule has 0 aromatic heterocycles. The van der Waals surface area contributed by atoms with Crippen LogP contribution in [0.1, 0.15) is 12.8 Å². The van der Waals surface area contributed by atoms with E-state index in [1.165, 1.54) is 0 Å². The van der Waals surface area contributed by atoms with Crippen LogP contribution in [0.4, 0.5) is 13.2 Å². The molecule has 0 aliphatic heterocycles. The van der Waals surface area contributed by atoms with Gasteiger partial charge in [0.15, 0.2) is 9.84 Å². The van der Waals surface area contributed by atoms with Crippen molar-refractivity contribution in [3.63, 3.8) is 0 Å². The van der Waals surface area contributed by atoms with Crippen LogP contribution in [0.2, 0.25) is 0 Å². The van der Waals surface area contributed by atoms with Gasteiger partial charge in [0.25, 0.3) is 0 Å². The number of sulfone groups is 1. The van der Waals surface area contributed by atoms with Gasteiger partial charge in [0.2, 0.25) is 0 Å². The highest BCUT2D eigenvalue weighted by Crippen LogP contribution is 2.33. The molecule has 1 saturated carbocycles. The zero-order valence-corrected chi connectivity index (χ0v) is 7.65. The van der Waals surface area contributed by atoms with Crippen molar-refractivity contribution in [1.29, 1.82) is 0 Å². The van der Waals surface area contributed by atoms with E-state index in [0.29, 0.717) is 0 Å². The maximum Gasteiger partial charge on any atom is 0.522 e. The number of hydrogen-bond donors (Lipinski definition) is 0. The van der Waals surface area contributed by atoms with Crippen molar-refractivity contribution in [3.05, 3.63) is 0 Å². The lowest BCUT2D eigenvalue weighted by Crippen LogP contribution is -2.43. The van der Waals surface area contributed by atoms with E-state index in [-0.39, 0.29) is 12.8 Å². The Morgan fingerprint density at radius 2 is 1.77 bits per heavy atom. The quantitative estimate of drug-likeness (QED) is 0.697. The van der Waals surface area contributed by atoms with Gasteiger partial charge in [-0.15, -0.1) is 13.2 Å². The zero-order valence-electron chi connectivity index (χ0n) is 6.84. The summed E-state index contributed by atoms with van der Waals surface area (Å²) in [6.07, 6.45) is -4.74. The van der Waals surface area contributed by atoms with Crippen LogP contribution in [-0.4, -0.2) is 32.4 Å². The Hall–Kier alpha value is -0.300. The highest BCUT2D eigenvalue weighted by Gasteiger charge is 2.43. The standard InChI is InChI=1S/C6H9F3O3S/c1-13(10,11)5-2-4(3-5)12-6(7,8)9/h4-5H,2-3H2,1H3. The van der Waals surface area contributed by atoms with Crippen molar-refractivity contribution in [2.24, 2.45) is 0 Å². The van der Waals surface area contributed by atoms with E-state index >= 15 is 0 Å². The van der Waals surface area contributed by atoms with Crippen LogP contribution in [0.3, 0.4) is 0 Å². The minimum atomic E-state index is -4.66. The van der Waals surface area contributed by atoms with Crippen LogP contribution >= 0.6 is 0 Å². The number of rotatable bonds is 2. The van der Waals surface area contributed by atoms with Gasteiger partial charge in [0.1, 0.15) is 0 Å². The van der Waals surface area contributed by atoms with Gasteiger partial charge in [-0.25, -0.2) is 8.42 Å². The Labute approximate surface area is 73.8 Å². The molecule has 0 heterocycles. The fourth-order valence-electron chi connectivity index (χ4n) is 1.15. The Balaban J connectivity index is 2.35. The molecule has 0 aromatic rings. The molecule has 0 amide bonds. The molecule has 0 unspecified atom stereocenters. The first kappa shape index (κ1) is 10.8. The smallest absolute Gasteiger partial charge is 0.288 e. The molecule has 3 nitrogen and oxygen atoms in total. The third-order valence-electron chi connectivity index (χ3n) is 1.96. The van der Waals surface area contributed by atoms with Gasteiger partial charge in [-0.1, -0.05) is 0 Å². The third kappa shape index (κ3) is 3.15. The van der Waals surface area contributed by atoms with E-state index in [2.05, 4.69) is 4.74 Å². The third-order valence-corrected chi connectivity index (χ3v) is 3.55. The highest BCUT2D eigenvalue weighted by atomic mass is 32.2. The molecule has 13 heavy (non-hydrogen) atoms. The predicted octanol–water partition coefficient (Wildman–Crippen LogP) is 1.10. The first-order valence-electron chi connectivity index (χ1n) is 3.62. The largest absolute Gasteiger partial charge is 0.522 e. The van der Waals surface area contributed by atoms with E-state index < -0.39 is 27.6 Å². The molecule has 0 N–H and O–H groups in total. The molecule has 7 heteroatoms. The van der Waals surface area contributed by atoms with Gasteiger partial charge in [-0.3, -0.25) is 4.74 Å². The van der Waals surface area contributed by atoms with E-state index in [0.717, 1.165) is 6.26 Å². The topological polar surface area (TPSA) is 43.4 Å². The van der Waals surface area contributed by atoms with E-state index in [4.69, 9.17) is 0 Å². The molecule has 0 saturated heterocycles. The lowest BCUT2D eigenvalue weighted by Gasteiger charge is -2.33. The van der Waals surface area contributed by atoms with Crippen LogP contribution in [0.25, 0.3) is 0 Å². The van der Waals surface area contributed by atoms with Crippen LogP contribution in [0.15, 0.2) is 0 Å². The number of alkyl halides is 3. The van der Waals surface area contributed by atoms with E-state index in [9.17, 15) is 21.6 Å². The molecule has 0 aromatic carbocycles. The molecule has 0 spiro atoms. The second-order valence-electron chi connectivity index (χ2n) is 3.11. The van der Waals surface area contributed by atoms with Crippen molar-refractivity contribution in [3.8, 4) is 0 Å². The second-order valence-corrected chi connectivity index (χ2v) is 5.43. The Morgan fingerprint density at radius 1 is 1.31 bits per heavy atom. The average Bonchev–Trinajstić information content (AvgIpc) is 1.71. The molecular formula is C6H9F3O3S. The fraction of sp³-hybridized carbons (Fsp3) is 1.00. The minimum Gasteiger partial charge on any atom is -0.288 e. The maximum atomic E-state index is 11.6. The molecule has 0 radical (unpaired) electrons. The predicted molar refractivity (Wildman–Crippen MR) is 38.8 cm³/mol. The van der Waals surface area contributed by atoms with Crippen molar-refractivity contribution >= 4 is 9.84 Å². The number of ether oxygens (including phenoxy) is 1. The van der Waals surface area contributed by atoms with Crippen LogP contribution in [0, 0.1) is 0 Å². The fourth-order valence-corrected chi connectivity index (χ4v) is 2.28. The molecule has 1 aliphatic carbocycles. The van der Waals surface area contributed by atoms with E-state index in [1.54, 1.807) is 0 Å². The molecular weight excluding hydrogens is 209 g/mol. The summed E-state index contributed by atoms with van der Waals surface area (Å²) in [5, 5.41) is -0.667. The van der Waals surface area contributed by atoms with Crippen molar-refractivity contribution in [2.75, 3.05) is 6.26 Å². The van der Waals surface area contributed by atoms with Crippen LogP contribution in [0.5, 0.6) is 0 Å². The van der Waals surface area contributed by atoms with Gasteiger partial charge in [0, 0.05) is 6.26 Å². The van der Waals surface area contributed by atoms with Gasteiger partial charge in [0.05, 0.1) is 11.4 Å². The summed E-state index contributed by atoms with van der Waals surface area (Å²) in [6.45, 7) is 0. The van der Waals surface area contributed by atoms with Crippen molar-refractivity contribution in [2.45, 2.75) is 30.6 Å². The summed E-state index contributed by atoms with van der Waals surface area (Å²) < 4.78 is 59.9. The maximum absolute atomic E-state index is 11.6. The summed E-state index contributed by atoms with van der Waals surface area (Å²) in [7, 11) is -3.20. The van der Waals surface area contributed by atoms with Crippen molar-refractivity contribution in [1.82, 2.24) is 0 Å². The Morgan fingerprint density at radius 3 is 2.08 bits per heavy atom. The Kier molecular flexibility index (Phi) is 2.59. The van der Waals surface area contributed by atoms with E-state index in [1.807, 2.05) is 0 Å². The first-order valence-corrected chi connectivity index (χ1v) is 5.57.